The smallest absolute Gasteiger partial charge is 0.00385 e. The lowest BCUT2D eigenvalue weighted by Crippen LogP contribution is -2.32. The lowest BCUT2D eigenvalue weighted by atomic mass is 10.0. The van der Waals surface area contributed by atoms with Crippen molar-refractivity contribution in [2.45, 2.75) is 226 Å². The molecule has 0 N–H and O–H groups in total. The molecule has 0 saturated heterocycles. The summed E-state index contributed by atoms with van der Waals surface area (Å²) in [7, 11) is 0. The number of hydrogen-bond donors (Lipinski definition) is 0. The van der Waals surface area contributed by atoms with Crippen molar-refractivity contribution in [3.05, 3.63) is 0 Å². The predicted molar refractivity (Wildman–Crippen MR) is 177 cm³/mol. The van der Waals surface area contributed by atoms with E-state index in [1.807, 2.05) is 0 Å². The molecule has 38 heavy (non-hydrogen) atoms. The van der Waals surface area contributed by atoms with Gasteiger partial charge in [0.05, 0.1) is 0 Å². The van der Waals surface area contributed by atoms with Crippen LogP contribution in [0.3, 0.4) is 0 Å². The fourth-order valence-corrected chi connectivity index (χ4v) is 6.00. The minimum Gasteiger partial charge on any atom is -0.301 e. The van der Waals surface area contributed by atoms with Crippen LogP contribution in [0.1, 0.15) is 220 Å². The molecule has 1 heteroatoms. The number of rotatable bonds is 33. The molecular weight excluding hydrogens is 458 g/mol. The maximum atomic E-state index is 2.75. The Hall–Kier alpha value is -0.0400. The van der Waals surface area contributed by atoms with Crippen LogP contribution in [0, 0.1) is 0 Å². The van der Waals surface area contributed by atoms with Gasteiger partial charge in [0.2, 0.25) is 0 Å². The molecule has 0 radical (unpaired) electrons. The highest BCUT2D eigenvalue weighted by Gasteiger charge is 2.08. The van der Waals surface area contributed by atoms with Gasteiger partial charge in [-0.15, -0.1) is 0 Å². The molecule has 0 saturated carbocycles. The zero-order valence-corrected chi connectivity index (χ0v) is 27.7. The summed E-state index contributed by atoms with van der Waals surface area (Å²) in [4.78, 5) is 2.75. The van der Waals surface area contributed by atoms with E-state index in [1.54, 1.807) is 0 Å². The van der Waals surface area contributed by atoms with Gasteiger partial charge in [0, 0.05) is 6.04 Å². The van der Waals surface area contributed by atoms with Crippen LogP contribution in [-0.2, 0) is 0 Å². The van der Waals surface area contributed by atoms with Crippen LogP contribution < -0.4 is 0 Å². The Morgan fingerprint density at radius 1 is 0.289 bits per heavy atom. The van der Waals surface area contributed by atoms with Crippen LogP contribution in [-0.4, -0.2) is 24.0 Å². The quantitative estimate of drug-likeness (QED) is 0.0755. The molecule has 0 fully saturated rings. The van der Waals surface area contributed by atoms with Gasteiger partial charge in [0.25, 0.3) is 0 Å². The first kappa shape index (κ1) is 38.0. The summed E-state index contributed by atoms with van der Waals surface area (Å²) in [5.41, 5.74) is 0. The van der Waals surface area contributed by atoms with Crippen molar-refractivity contribution < 1.29 is 0 Å². The van der Waals surface area contributed by atoms with Crippen molar-refractivity contribution in [2.24, 2.45) is 0 Å². The predicted octanol–water partition coefficient (Wildman–Crippen LogP) is 13.4. The molecule has 0 aliphatic rings. The lowest BCUT2D eigenvalue weighted by molar-refractivity contribution is 0.211. The van der Waals surface area contributed by atoms with Crippen molar-refractivity contribution in [1.29, 1.82) is 0 Å². The van der Waals surface area contributed by atoms with Gasteiger partial charge in [-0.2, -0.15) is 0 Å². The number of unbranched alkanes of at least 4 members (excludes halogenated alkanes) is 28. The monoisotopic (exact) mass is 536 g/mol. The second-order valence-corrected chi connectivity index (χ2v) is 13.0. The maximum Gasteiger partial charge on any atom is 0.00385 e. The van der Waals surface area contributed by atoms with Crippen LogP contribution in [0.5, 0.6) is 0 Å². The lowest BCUT2D eigenvalue weighted by Gasteiger charge is -2.26. The molecule has 0 unspecified atom stereocenters. The number of nitrogens with zero attached hydrogens (tertiary/aromatic N) is 1. The first-order chi connectivity index (χ1) is 18.7. The van der Waals surface area contributed by atoms with Crippen molar-refractivity contribution >= 4 is 0 Å². The molecule has 0 aromatic carbocycles. The van der Waals surface area contributed by atoms with Gasteiger partial charge in [-0.1, -0.05) is 194 Å². The van der Waals surface area contributed by atoms with E-state index in [2.05, 4.69) is 32.6 Å². The summed E-state index contributed by atoms with van der Waals surface area (Å²) < 4.78 is 0. The Bertz CT molecular complexity index is 370. The van der Waals surface area contributed by atoms with Gasteiger partial charge < -0.3 is 4.90 Å². The Morgan fingerprint density at radius 3 is 0.658 bits per heavy atom. The summed E-state index contributed by atoms with van der Waals surface area (Å²) in [6, 6.07) is 0.716. The highest BCUT2D eigenvalue weighted by molar-refractivity contribution is 4.63. The van der Waals surface area contributed by atoms with E-state index in [0.717, 1.165) is 0 Å². The average Bonchev–Trinajstić information content (AvgIpc) is 2.91. The zero-order chi connectivity index (χ0) is 27.8. The van der Waals surface area contributed by atoms with E-state index in [9.17, 15) is 0 Å². The van der Waals surface area contributed by atoms with Crippen molar-refractivity contribution in [1.82, 2.24) is 4.90 Å². The van der Waals surface area contributed by atoms with Crippen LogP contribution in [0.4, 0.5) is 0 Å². The van der Waals surface area contributed by atoms with Crippen LogP contribution in [0.2, 0.25) is 0 Å². The average molecular weight is 536 g/mol. The zero-order valence-electron chi connectivity index (χ0n) is 27.7. The van der Waals surface area contributed by atoms with Gasteiger partial charge in [-0.25, -0.2) is 0 Å². The van der Waals surface area contributed by atoms with Crippen LogP contribution >= 0.6 is 0 Å². The van der Waals surface area contributed by atoms with Gasteiger partial charge in [0.1, 0.15) is 0 Å². The first-order valence-corrected chi connectivity index (χ1v) is 18.5. The third-order valence-electron chi connectivity index (χ3n) is 8.83. The van der Waals surface area contributed by atoms with Gasteiger partial charge in [0.15, 0.2) is 0 Å². The summed E-state index contributed by atoms with van der Waals surface area (Å²) >= 11 is 0. The van der Waals surface area contributed by atoms with Crippen LogP contribution in [0.15, 0.2) is 0 Å². The molecule has 1 nitrogen and oxygen atoms in total. The molecule has 0 rings (SSSR count). The van der Waals surface area contributed by atoms with E-state index < -0.39 is 0 Å². The van der Waals surface area contributed by atoms with Crippen LogP contribution in [0.25, 0.3) is 0 Å². The molecule has 0 spiro atoms. The Kier molecular flexibility index (Phi) is 33.1. The minimum atomic E-state index is 0.716. The Labute approximate surface area is 244 Å². The van der Waals surface area contributed by atoms with E-state index in [1.165, 1.54) is 206 Å². The molecule has 0 aliphatic heterocycles. The maximum absolute atomic E-state index is 2.75. The third kappa shape index (κ3) is 30.5. The second kappa shape index (κ2) is 33.2. The van der Waals surface area contributed by atoms with Gasteiger partial charge in [-0.3, -0.25) is 0 Å². The third-order valence-corrected chi connectivity index (χ3v) is 8.83. The molecule has 0 atom stereocenters. The summed E-state index contributed by atoms with van der Waals surface area (Å²) in [5.74, 6) is 0. The van der Waals surface area contributed by atoms with E-state index in [-0.39, 0.29) is 0 Å². The van der Waals surface area contributed by atoms with Gasteiger partial charge in [-0.05, 0) is 39.8 Å². The van der Waals surface area contributed by atoms with E-state index >= 15 is 0 Å². The molecule has 0 bridgehead atoms. The summed E-state index contributed by atoms with van der Waals surface area (Å²) in [6.45, 7) is 12.1. The first-order valence-electron chi connectivity index (χ1n) is 18.5. The van der Waals surface area contributed by atoms with E-state index in [0.29, 0.717) is 6.04 Å². The largest absolute Gasteiger partial charge is 0.301 e. The summed E-state index contributed by atoms with van der Waals surface area (Å²) in [5, 5.41) is 0. The van der Waals surface area contributed by atoms with Crippen molar-refractivity contribution in [2.75, 3.05) is 13.1 Å². The fraction of sp³-hybridized carbons (Fsp3) is 1.00. The molecule has 0 aromatic heterocycles. The SMILES string of the molecule is CCCCCCCCCCCCCCCCCN(CCCCCCCCCCCCCCCCC)C(C)C. The Morgan fingerprint density at radius 2 is 0.474 bits per heavy atom. The van der Waals surface area contributed by atoms with Gasteiger partial charge >= 0.3 is 0 Å². The molecule has 0 aromatic rings. The molecule has 230 valence electrons. The standard InChI is InChI=1S/C37H77N/c1-5-7-9-11-13-15-17-19-21-23-25-27-29-31-33-35-38(37(3)4)36-34-32-30-28-26-24-22-20-18-16-14-12-10-8-6-2/h37H,5-36H2,1-4H3. The van der Waals surface area contributed by atoms with Crippen molar-refractivity contribution in [3.8, 4) is 0 Å². The second-order valence-electron chi connectivity index (χ2n) is 13.0. The minimum absolute atomic E-state index is 0.716. The number of hydrogen-bond acceptors (Lipinski definition) is 1. The van der Waals surface area contributed by atoms with E-state index in [4.69, 9.17) is 0 Å². The summed E-state index contributed by atoms with van der Waals surface area (Å²) in [6.07, 6.45) is 43.8. The fourth-order valence-electron chi connectivity index (χ4n) is 6.00. The molecule has 0 amide bonds. The molecular formula is C37H77N. The van der Waals surface area contributed by atoms with Crippen molar-refractivity contribution in [3.63, 3.8) is 0 Å². The normalized spacial score (nSPS) is 11.8. The highest BCUT2D eigenvalue weighted by atomic mass is 15.1. The molecule has 0 aliphatic carbocycles. The highest BCUT2D eigenvalue weighted by Crippen LogP contribution is 2.16. The molecule has 0 heterocycles. The topological polar surface area (TPSA) is 3.24 Å². The Balaban J connectivity index is 3.37.